The molecule has 1 N–H and O–H groups in total. The summed E-state index contributed by atoms with van der Waals surface area (Å²) in [5, 5.41) is 7.21. The molecule has 1 unspecified atom stereocenters. The Morgan fingerprint density at radius 3 is 3.12 bits per heavy atom. The number of imidazole rings is 1. The minimum atomic E-state index is -0.0945. The zero-order valence-corrected chi connectivity index (χ0v) is 14.2. The third kappa shape index (κ3) is 3.41. The monoisotopic (exact) mass is 339 g/mol. The first kappa shape index (κ1) is 15.8. The molecule has 7 nitrogen and oxygen atoms in total. The predicted octanol–water partition coefficient (Wildman–Crippen LogP) is 2.36. The molecular weight excluding hydrogens is 318 g/mol. The van der Waals surface area contributed by atoms with Gasteiger partial charge in [-0.1, -0.05) is 12.1 Å². The Morgan fingerprint density at radius 1 is 1.40 bits per heavy atom. The van der Waals surface area contributed by atoms with Gasteiger partial charge in [-0.2, -0.15) is 5.10 Å². The lowest BCUT2D eigenvalue weighted by Crippen LogP contribution is -2.19. The average molecular weight is 339 g/mol. The van der Waals surface area contributed by atoms with E-state index in [1.54, 1.807) is 6.20 Å². The number of carbonyl (C=O) groups is 1. The first-order valence-electron chi connectivity index (χ1n) is 8.55. The SMILES string of the molecule is Cc1nc2ccccc2n1CC(=O)Nc1cnn(CC2CCCO2)c1. The summed E-state index contributed by atoms with van der Waals surface area (Å²) in [6.45, 7) is 3.69. The van der Waals surface area contributed by atoms with Gasteiger partial charge >= 0.3 is 0 Å². The molecule has 3 aromatic rings. The lowest BCUT2D eigenvalue weighted by Gasteiger charge is -2.09. The summed E-state index contributed by atoms with van der Waals surface area (Å²) in [4.78, 5) is 16.9. The number of carbonyl (C=O) groups excluding carboxylic acids is 1. The van der Waals surface area contributed by atoms with Gasteiger partial charge in [-0.3, -0.25) is 9.48 Å². The zero-order chi connectivity index (χ0) is 17.2. The van der Waals surface area contributed by atoms with Gasteiger partial charge in [-0.25, -0.2) is 4.98 Å². The second-order valence-electron chi connectivity index (χ2n) is 6.37. The quantitative estimate of drug-likeness (QED) is 0.774. The third-order valence-corrected chi connectivity index (χ3v) is 4.48. The van der Waals surface area contributed by atoms with E-state index < -0.39 is 0 Å². The largest absolute Gasteiger partial charge is 0.376 e. The van der Waals surface area contributed by atoms with Crippen LogP contribution in [-0.2, 0) is 22.6 Å². The molecule has 1 amide bonds. The third-order valence-electron chi connectivity index (χ3n) is 4.48. The summed E-state index contributed by atoms with van der Waals surface area (Å²) in [6.07, 6.45) is 5.91. The number of amides is 1. The van der Waals surface area contributed by atoms with E-state index >= 15 is 0 Å². The highest BCUT2D eigenvalue weighted by Crippen LogP contribution is 2.17. The van der Waals surface area contributed by atoms with Crippen LogP contribution in [0.2, 0.25) is 0 Å². The lowest BCUT2D eigenvalue weighted by atomic mass is 10.2. The van der Waals surface area contributed by atoms with Crippen molar-refractivity contribution in [3.05, 3.63) is 42.5 Å². The van der Waals surface area contributed by atoms with E-state index in [4.69, 9.17) is 4.74 Å². The Labute approximate surface area is 145 Å². The molecule has 1 atom stereocenters. The van der Waals surface area contributed by atoms with Crippen molar-refractivity contribution in [1.29, 1.82) is 0 Å². The Morgan fingerprint density at radius 2 is 2.28 bits per heavy atom. The molecule has 1 aromatic carbocycles. The number of hydrogen-bond donors (Lipinski definition) is 1. The fraction of sp³-hybridized carbons (Fsp3) is 0.389. The molecule has 0 saturated carbocycles. The summed E-state index contributed by atoms with van der Waals surface area (Å²) in [7, 11) is 0. The van der Waals surface area contributed by atoms with E-state index in [1.165, 1.54) is 0 Å². The number of fused-ring (bicyclic) bond motifs is 1. The Kier molecular flexibility index (Phi) is 4.23. The van der Waals surface area contributed by atoms with Crippen molar-refractivity contribution in [3.63, 3.8) is 0 Å². The summed E-state index contributed by atoms with van der Waals surface area (Å²) in [5.74, 6) is 0.730. The van der Waals surface area contributed by atoms with Gasteiger partial charge in [0.25, 0.3) is 0 Å². The van der Waals surface area contributed by atoms with Crippen LogP contribution >= 0.6 is 0 Å². The standard InChI is InChI=1S/C18H21N5O2/c1-13-20-16-6-2-3-7-17(16)23(13)12-18(24)21-14-9-19-22(10-14)11-15-5-4-8-25-15/h2-3,6-7,9-10,15H,4-5,8,11-12H2,1H3,(H,21,24). The highest BCUT2D eigenvalue weighted by molar-refractivity contribution is 5.91. The molecule has 130 valence electrons. The molecule has 0 spiro atoms. The van der Waals surface area contributed by atoms with Crippen LogP contribution in [0.5, 0.6) is 0 Å². The number of anilines is 1. The van der Waals surface area contributed by atoms with Crippen LogP contribution in [0.15, 0.2) is 36.7 Å². The average Bonchev–Trinajstić information content (AvgIpc) is 3.31. The fourth-order valence-corrected chi connectivity index (χ4v) is 3.26. The Hall–Kier alpha value is -2.67. The maximum Gasteiger partial charge on any atom is 0.244 e. The molecule has 3 heterocycles. The predicted molar refractivity (Wildman–Crippen MR) is 94.3 cm³/mol. The normalized spacial score (nSPS) is 17.2. The lowest BCUT2D eigenvalue weighted by molar-refractivity contribution is -0.116. The second kappa shape index (κ2) is 6.68. The minimum absolute atomic E-state index is 0.0945. The van der Waals surface area contributed by atoms with E-state index in [9.17, 15) is 4.79 Å². The number of aryl methyl sites for hydroxylation is 1. The molecule has 1 aliphatic heterocycles. The number of rotatable bonds is 5. The van der Waals surface area contributed by atoms with E-state index in [0.717, 1.165) is 42.9 Å². The highest BCUT2D eigenvalue weighted by atomic mass is 16.5. The molecule has 1 saturated heterocycles. The molecule has 1 fully saturated rings. The number of para-hydroxylation sites is 2. The van der Waals surface area contributed by atoms with Crippen LogP contribution in [0.1, 0.15) is 18.7 Å². The summed E-state index contributed by atoms with van der Waals surface area (Å²) < 4.78 is 9.35. The number of ether oxygens (including phenoxy) is 1. The van der Waals surface area contributed by atoms with Gasteiger partial charge in [0, 0.05) is 12.8 Å². The van der Waals surface area contributed by atoms with Gasteiger partial charge < -0.3 is 14.6 Å². The van der Waals surface area contributed by atoms with Crippen LogP contribution in [0, 0.1) is 6.92 Å². The number of nitrogens with one attached hydrogen (secondary N) is 1. The topological polar surface area (TPSA) is 74.0 Å². The van der Waals surface area contributed by atoms with Gasteiger partial charge in [-0.05, 0) is 31.9 Å². The highest BCUT2D eigenvalue weighted by Gasteiger charge is 2.17. The van der Waals surface area contributed by atoms with E-state index in [2.05, 4.69) is 15.4 Å². The van der Waals surface area contributed by atoms with Crippen molar-refractivity contribution in [3.8, 4) is 0 Å². The maximum absolute atomic E-state index is 12.4. The van der Waals surface area contributed by atoms with Crippen molar-refractivity contribution in [2.24, 2.45) is 0 Å². The zero-order valence-electron chi connectivity index (χ0n) is 14.2. The molecule has 0 aliphatic carbocycles. The maximum atomic E-state index is 12.4. The molecule has 1 aliphatic rings. The van der Waals surface area contributed by atoms with Crippen molar-refractivity contribution < 1.29 is 9.53 Å². The molecule has 0 bridgehead atoms. The first-order chi connectivity index (χ1) is 12.2. The van der Waals surface area contributed by atoms with Gasteiger partial charge in [-0.15, -0.1) is 0 Å². The Bertz CT molecular complexity index is 892. The van der Waals surface area contributed by atoms with Crippen LogP contribution in [0.3, 0.4) is 0 Å². The van der Waals surface area contributed by atoms with E-state index in [1.807, 2.05) is 46.6 Å². The Balaban J connectivity index is 1.41. The van der Waals surface area contributed by atoms with Crippen LogP contribution in [-0.4, -0.2) is 37.9 Å². The number of nitrogens with zero attached hydrogens (tertiary/aromatic N) is 4. The van der Waals surface area contributed by atoms with Gasteiger partial charge in [0.15, 0.2) is 0 Å². The smallest absolute Gasteiger partial charge is 0.244 e. The molecule has 2 aromatic heterocycles. The molecule has 0 radical (unpaired) electrons. The van der Waals surface area contributed by atoms with Crippen LogP contribution in [0.4, 0.5) is 5.69 Å². The van der Waals surface area contributed by atoms with Gasteiger partial charge in [0.1, 0.15) is 12.4 Å². The number of aromatic nitrogens is 4. The summed E-state index contributed by atoms with van der Waals surface area (Å²) >= 11 is 0. The van der Waals surface area contributed by atoms with Gasteiger partial charge in [0.05, 0.1) is 35.6 Å². The van der Waals surface area contributed by atoms with Crippen molar-refractivity contribution in [2.45, 2.75) is 39.0 Å². The number of benzene rings is 1. The molecule has 4 rings (SSSR count). The van der Waals surface area contributed by atoms with Crippen molar-refractivity contribution in [1.82, 2.24) is 19.3 Å². The molecule has 7 heteroatoms. The minimum Gasteiger partial charge on any atom is -0.376 e. The van der Waals surface area contributed by atoms with Crippen LogP contribution < -0.4 is 5.32 Å². The fourth-order valence-electron chi connectivity index (χ4n) is 3.26. The molecule has 25 heavy (non-hydrogen) atoms. The first-order valence-corrected chi connectivity index (χ1v) is 8.55. The van der Waals surface area contributed by atoms with E-state index in [0.29, 0.717) is 5.69 Å². The van der Waals surface area contributed by atoms with Gasteiger partial charge in [0.2, 0.25) is 5.91 Å². The summed E-state index contributed by atoms with van der Waals surface area (Å²) in [6, 6.07) is 7.82. The summed E-state index contributed by atoms with van der Waals surface area (Å²) in [5.41, 5.74) is 2.56. The van der Waals surface area contributed by atoms with Crippen LogP contribution in [0.25, 0.3) is 11.0 Å². The van der Waals surface area contributed by atoms with Crippen molar-refractivity contribution >= 4 is 22.6 Å². The number of hydrogen-bond acceptors (Lipinski definition) is 4. The molecular formula is C18H21N5O2. The second-order valence-corrected chi connectivity index (χ2v) is 6.37. The van der Waals surface area contributed by atoms with E-state index in [-0.39, 0.29) is 18.6 Å². The van der Waals surface area contributed by atoms with Crippen molar-refractivity contribution in [2.75, 3.05) is 11.9 Å².